The highest BCUT2D eigenvalue weighted by Gasteiger charge is 2.57. The minimum atomic E-state index is -6.85. The highest BCUT2D eigenvalue weighted by Crippen LogP contribution is 2.39. The van der Waals surface area contributed by atoms with Crippen LogP contribution in [0.3, 0.4) is 0 Å². The number of hydroxylamine groups is 2. The Hall–Kier alpha value is -3.56. The van der Waals surface area contributed by atoms with Crippen molar-refractivity contribution in [1.82, 2.24) is 9.96 Å². The summed E-state index contributed by atoms with van der Waals surface area (Å²) in [6, 6.07) is 18.3. The molecule has 2 heterocycles. The lowest BCUT2D eigenvalue weighted by atomic mass is 9.94. The molecule has 0 saturated heterocycles. The molecular weight excluding hydrogens is 935 g/mol. The van der Waals surface area contributed by atoms with Gasteiger partial charge >= 0.3 is 31.3 Å². The zero-order valence-electron chi connectivity index (χ0n) is 30.1. The van der Waals surface area contributed by atoms with Crippen LogP contribution in [-0.2, 0) is 55.1 Å². The van der Waals surface area contributed by atoms with E-state index in [0.29, 0.717) is 38.1 Å². The van der Waals surface area contributed by atoms with Gasteiger partial charge in [-0.05, 0) is 47.2 Å². The van der Waals surface area contributed by atoms with Gasteiger partial charge in [0.05, 0.1) is 11.1 Å². The summed E-state index contributed by atoms with van der Waals surface area (Å²) in [4.78, 5) is 51.8. The van der Waals surface area contributed by atoms with Crippen molar-refractivity contribution in [2.45, 2.75) is 66.4 Å². The van der Waals surface area contributed by atoms with E-state index in [1.807, 2.05) is 40.0 Å². The Bertz CT molecular complexity index is 2360. The number of alkyl halides is 6. The fraction of sp³-hybridized carbons (Fsp3) is 0.294. The topological polar surface area (TPSA) is 172 Å². The highest BCUT2D eigenvalue weighted by atomic mass is 33.1. The lowest BCUT2D eigenvalue weighted by Crippen LogP contribution is -2.37. The lowest BCUT2D eigenvalue weighted by molar-refractivity contribution is -0.0586. The van der Waals surface area contributed by atoms with E-state index in [1.165, 1.54) is 11.9 Å². The molecule has 0 atom stereocenters. The van der Waals surface area contributed by atoms with Crippen molar-refractivity contribution in [2.24, 2.45) is 0 Å². The average molecular weight is 971 g/mol. The first-order valence-corrected chi connectivity index (χ1v) is 23.0. The van der Waals surface area contributed by atoms with E-state index in [1.54, 1.807) is 47.8 Å². The summed E-state index contributed by atoms with van der Waals surface area (Å²) < 4.78 is 110. The van der Waals surface area contributed by atoms with Crippen LogP contribution in [0.1, 0.15) is 79.4 Å². The number of imide groups is 2. The number of hydrogen-bond acceptors (Lipinski definition) is 14. The number of carbonyl (C=O) groups excluding carboxylic acids is 4. The first-order chi connectivity index (χ1) is 26.6. The summed E-state index contributed by atoms with van der Waals surface area (Å²) in [7, 11) is -11.2. The number of halogens is 6. The molecule has 2 aliphatic heterocycles. The Morgan fingerprint density at radius 1 is 0.627 bits per heavy atom. The Morgan fingerprint density at radius 3 is 1.25 bits per heavy atom. The molecule has 4 aromatic carbocycles. The van der Waals surface area contributed by atoms with Crippen LogP contribution >= 0.6 is 23.5 Å². The molecule has 326 valence electrons. The Balaban J connectivity index is 0.000000847. The molecular formula is C34H36F6N2O10S7. The second-order valence-corrected chi connectivity index (χ2v) is 20.3. The Morgan fingerprint density at radius 2 is 0.932 bits per heavy atom. The number of rotatable bonds is 6. The van der Waals surface area contributed by atoms with Gasteiger partial charge in [-0.3, -0.25) is 29.3 Å². The minimum Gasteiger partial charge on any atom is -0.278 e. The van der Waals surface area contributed by atoms with Crippen molar-refractivity contribution >= 4 is 120 Å². The van der Waals surface area contributed by atoms with Crippen LogP contribution in [0.5, 0.6) is 0 Å². The first kappa shape index (κ1) is 51.6. The monoisotopic (exact) mass is 970 g/mol. The SMILES string of the molecule is C.CC(C)Sc1ccc2c3c(cccc13)C(=O)N(C)C2=O.CC(C)Sc1ccc2c3c(cccc13)C(=O)N(O)C2=O.O=S(=O)(OS(=O)(=O)C(F)(F)F)C(F)(F)F.S=S=S.[HH].[HH]. The molecule has 1 N–H and O–H groups in total. The molecule has 2 aliphatic rings. The summed E-state index contributed by atoms with van der Waals surface area (Å²) in [5.74, 6) is -1.78. The fourth-order valence-corrected chi connectivity index (χ4v) is 8.62. The zero-order valence-corrected chi connectivity index (χ0v) is 35.8. The van der Waals surface area contributed by atoms with Crippen molar-refractivity contribution in [3.8, 4) is 0 Å². The predicted molar refractivity (Wildman–Crippen MR) is 223 cm³/mol. The van der Waals surface area contributed by atoms with Crippen LogP contribution in [0, 0.1) is 0 Å². The maximum absolute atomic E-state index is 12.2. The lowest BCUT2D eigenvalue weighted by Gasteiger charge is -2.24. The molecule has 0 aromatic heterocycles. The third kappa shape index (κ3) is 11.4. The highest BCUT2D eigenvalue weighted by molar-refractivity contribution is 8.37. The van der Waals surface area contributed by atoms with Gasteiger partial charge in [-0.15, -0.1) is 32.2 Å². The summed E-state index contributed by atoms with van der Waals surface area (Å²) in [6.07, 6.45) is 0. The molecule has 4 amide bonds. The van der Waals surface area contributed by atoms with Gasteiger partial charge in [-0.2, -0.15) is 43.2 Å². The van der Waals surface area contributed by atoms with Crippen LogP contribution < -0.4 is 0 Å². The summed E-state index contributed by atoms with van der Waals surface area (Å²) in [5, 5.41) is 13.9. The molecule has 12 nitrogen and oxygen atoms in total. The van der Waals surface area contributed by atoms with E-state index in [0.717, 1.165) is 34.8 Å². The normalized spacial score (nSPS) is 13.9. The van der Waals surface area contributed by atoms with Crippen molar-refractivity contribution in [3.05, 3.63) is 82.9 Å². The van der Waals surface area contributed by atoms with Gasteiger partial charge < -0.3 is 0 Å². The van der Waals surface area contributed by atoms with Crippen molar-refractivity contribution in [3.63, 3.8) is 0 Å². The summed E-state index contributed by atoms with van der Waals surface area (Å²) in [6.45, 7) is 8.44. The summed E-state index contributed by atoms with van der Waals surface area (Å²) in [5.41, 5.74) is -10.6. The van der Waals surface area contributed by atoms with Gasteiger partial charge in [0.1, 0.15) is 0 Å². The van der Waals surface area contributed by atoms with E-state index in [-0.39, 0.29) is 27.2 Å². The van der Waals surface area contributed by atoms with Crippen molar-refractivity contribution < 1.29 is 74.0 Å². The minimum absolute atomic E-state index is 0. The van der Waals surface area contributed by atoms with E-state index < -0.39 is 43.1 Å². The van der Waals surface area contributed by atoms with Crippen LogP contribution in [0.4, 0.5) is 26.3 Å². The number of thioether (sulfide) groups is 2. The second kappa shape index (κ2) is 19.9. The van der Waals surface area contributed by atoms with Crippen LogP contribution in [-0.4, -0.2) is 84.2 Å². The smallest absolute Gasteiger partial charge is 0.278 e. The van der Waals surface area contributed by atoms with Gasteiger partial charge in [0.15, 0.2) is 0 Å². The molecule has 0 spiro atoms. The molecule has 0 fully saturated rings. The number of nitrogens with zero attached hydrogens (tertiary/aromatic N) is 2. The molecule has 0 bridgehead atoms. The molecule has 0 aliphatic carbocycles. The van der Waals surface area contributed by atoms with E-state index >= 15 is 0 Å². The Kier molecular flexibility index (Phi) is 17.4. The van der Waals surface area contributed by atoms with Crippen molar-refractivity contribution in [2.75, 3.05) is 7.05 Å². The largest absolute Gasteiger partial charge is 0.524 e. The molecule has 25 heteroatoms. The van der Waals surface area contributed by atoms with Gasteiger partial charge in [0, 0.05) is 83.3 Å². The molecule has 0 unspecified atom stereocenters. The standard InChI is InChI=1S/C16H15NO2S.C15H13NO3S.C2F6O5S2.CH4.S3.2H2/c1-9(2)20-13-8-7-12-14-10(13)5-4-6-11(14)15(18)17(3)16(12)19;1-8(2)20-12-7-6-11-13-9(12)4-3-5-10(13)14(17)16(19)15(11)18;3-1(4,5)14(9,10)13-15(11,12)2(6,7)8;;1-3-2;;/h4-9H,1-3H3;3-8,19H,1-2H3;;1H4;;2*1H. The maximum atomic E-state index is 12.2. The maximum Gasteiger partial charge on any atom is 0.524 e. The second-order valence-electron chi connectivity index (χ2n) is 12.0. The third-order valence-electron chi connectivity index (χ3n) is 7.39. The third-order valence-corrected chi connectivity index (χ3v) is 12.1. The van der Waals surface area contributed by atoms with Crippen LogP contribution in [0.25, 0.3) is 21.5 Å². The quantitative estimate of drug-likeness (QED) is 0.0639. The zero-order chi connectivity index (χ0) is 44.3. The van der Waals surface area contributed by atoms with E-state index in [2.05, 4.69) is 50.1 Å². The number of benzene rings is 4. The van der Waals surface area contributed by atoms with Crippen LogP contribution in [0.2, 0.25) is 0 Å². The first-order valence-electron chi connectivity index (χ1n) is 15.7. The van der Waals surface area contributed by atoms with Crippen LogP contribution in [0.15, 0.2) is 70.5 Å². The Labute approximate surface area is 358 Å². The molecule has 59 heavy (non-hydrogen) atoms. The van der Waals surface area contributed by atoms with E-state index in [4.69, 9.17) is 0 Å². The number of hydrogen-bond donors (Lipinski definition) is 1. The molecule has 4 aromatic rings. The average Bonchev–Trinajstić information content (AvgIpc) is 3.11. The van der Waals surface area contributed by atoms with Gasteiger partial charge in [-0.25, -0.2) is 0 Å². The number of amides is 4. The van der Waals surface area contributed by atoms with E-state index in [9.17, 15) is 67.6 Å². The fourth-order valence-electron chi connectivity index (χ4n) is 5.16. The van der Waals surface area contributed by atoms with Gasteiger partial charge in [0.25, 0.3) is 23.6 Å². The predicted octanol–water partition coefficient (Wildman–Crippen LogP) is 8.71. The summed E-state index contributed by atoms with van der Waals surface area (Å²) >= 11 is 11.7. The van der Waals surface area contributed by atoms with Gasteiger partial charge in [0.2, 0.25) is 0 Å². The molecule has 6 rings (SSSR count). The molecule has 0 saturated carbocycles. The number of carbonyl (C=O) groups is 4. The van der Waals surface area contributed by atoms with Gasteiger partial charge in [-0.1, -0.05) is 59.4 Å². The molecule has 0 radical (unpaired) electrons. The van der Waals surface area contributed by atoms with Crippen molar-refractivity contribution in [1.29, 1.82) is 0 Å².